The second-order valence-corrected chi connectivity index (χ2v) is 5.18. The molecule has 0 aliphatic carbocycles. The van der Waals surface area contributed by atoms with Gasteiger partial charge in [-0.2, -0.15) is 0 Å². The second-order valence-electron chi connectivity index (χ2n) is 4.37. The Balaban J connectivity index is 2.19. The largest absolute Gasteiger partial charge is 0.497 e. The fourth-order valence-electron chi connectivity index (χ4n) is 1.53. The van der Waals surface area contributed by atoms with E-state index in [9.17, 15) is 4.79 Å². The maximum atomic E-state index is 10.9. The highest BCUT2D eigenvalue weighted by atomic mass is 32.1. The predicted octanol–water partition coefficient (Wildman–Crippen LogP) is 1.31. The van der Waals surface area contributed by atoms with E-state index < -0.39 is 0 Å². The maximum absolute atomic E-state index is 10.9. The van der Waals surface area contributed by atoms with Gasteiger partial charge in [0.1, 0.15) is 5.75 Å². The van der Waals surface area contributed by atoms with E-state index in [1.54, 1.807) is 7.11 Å². The Morgan fingerprint density at radius 2 is 1.74 bits per heavy atom. The molecule has 1 rings (SSSR count). The van der Waals surface area contributed by atoms with Crippen LogP contribution in [0.4, 0.5) is 5.69 Å². The Bertz CT molecular complexity index is 537. The molecule has 0 bridgehead atoms. The Morgan fingerprint density at radius 1 is 1.09 bits per heavy atom. The fourth-order valence-corrected chi connectivity index (χ4v) is 1.85. The summed E-state index contributed by atoms with van der Waals surface area (Å²) in [4.78, 5) is 10.9. The molecular weight excluding hydrogens is 336 g/mol. The van der Waals surface area contributed by atoms with Crippen LogP contribution >= 0.6 is 24.4 Å². The van der Waals surface area contributed by atoms with Crippen LogP contribution in [0.15, 0.2) is 24.3 Å². The second kappa shape index (κ2) is 10.6. The fraction of sp³-hybridized carbons (Fsp3) is 0.357. The number of carbonyl (C=O) groups excluding carboxylic acids is 1. The minimum absolute atomic E-state index is 0.242. The van der Waals surface area contributed by atoms with Gasteiger partial charge in [0.25, 0.3) is 0 Å². The molecule has 0 amide bonds. The standard InChI is InChI=1S/C14H20N4O3S2/c1-20-11-7-5-10(6-8-11)16-14(23)18-17-13(22)15-9-3-4-12(19)21-2/h5-8H,3-4,9H2,1-2H3,(H2,15,17,22)(H2,16,18,23). The Morgan fingerprint density at radius 3 is 2.35 bits per heavy atom. The van der Waals surface area contributed by atoms with Crippen molar-refractivity contribution in [3.63, 3.8) is 0 Å². The number of rotatable bonds is 6. The molecule has 23 heavy (non-hydrogen) atoms. The molecule has 126 valence electrons. The third kappa shape index (κ3) is 8.17. The van der Waals surface area contributed by atoms with Gasteiger partial charge in [0, 0.05) is 18.7 Å². The van der Waals surface area contributed by atoms with Crippen molar-refractivity contribution in [1.82, 2.24) is 16.2 Å². The van der Waals surface area contributed by atoms with Crippen LogP contribution in [-0.2, 0) is 9.53 Å². The van der Waals surface area contributed by atoms with Crippen molar-refractivity contribution < 1.29 is 14.3 Å². The SMILES string of the molecule is COC(=O)CCCNC(=S)NNC(=S)Nc1ccc(OC)cc1. The monoisotopic (exact) mass is 356 g/mol. The molecule has 9 heteroatoms. The summed E-state index contributed by atoms with van der Waals surface area (Å²) < 4.78 is 9.63. The molecule has 0 aliphatic heterocycles. The number of benzene rings is 1. The van der Waals surface area contributed by atoms with Gasteiger partial charge < -0.3 is 20.1 Å². The van der Waals surface area contributed by atoms with Gasteiger partial charge in [0.2, 0.25) is 0 Å². The van der Waals surface area contributed by atoms with Crippen LogP contribution in [-0.4, -0.2) is 37.0 Å². The molecule has 0 saturated heterocycles. The van der Waals surface area contributed by atoms with Gasteiger partial charge in [0.15, 0.2) is 10.2 Å². The molecule has 7 nitrogen and oxygen atoms in total. The van der Waals surface area contributed by atoms with E-state index in [-0.39, 0.29) is 5.97 Å². The number of ether oxygens (including phenoxy) is 2. The number of carbonyl (C=O) groups is 1. The van der Waals surface area contributed by atoms with Crippen molar-refractivity contribution in [3.8, 4) is 5.75 Å². The van der Waals surface area contributed by atoms with Crippen LogP contribution in [0.2, 0.25) is 0 Å². The third-order valence-corrected chi connectivity index (χ3v) is 3.16. The molecular formula is C14H20N4O3S2. The predicted molar refractivity (Wildman–Crippen MR) is 97.3 cm³/mol. The molecule has 1 aromatic carbocycles. The number of anilines is 1. The average Bonchev–Trinajstić information content (AvgIpc) is 2.57. The summed E-state index contributed by atoms with van der Waals surface area (Å²) in [7, 11) is 2.97. The molecule has 0 heterocycles. The number of hydrogen-bond acceptors (Lipinski definition) is 5. The van der Waals surface area contributed by atoms with E-state index >= 15 is 0 Å². The normalized spacial score (nSPS) is 9.48. The molecule has 0 atom stereocenters. The van der Waals surface area contributed by atoms with Crippen molar-refractivity contribution in [2.45, 2.75) is 12.8 Å². The number of methoxy groups -OCH3 is 2. The minimum atomic E-state index is -0.242. The number of esters is 1. The zero-order valence-electron chi connectivity index (χ0n) is 13.0. The summed E-state index contributed by atoms with van der Waals surface area (Å²) in [6.45, 7) is 0.557. The van der Waals surface area contributed by atoms with E-state index in [0.717, 1.165) is 11.4 Å². The van der Waals surface area contributed by atoms with Gasteiger partial charge in [-0.15, -0.1) is 0 Å². The lowest BCUT2D eigenvalue weighted by atomic mass is 10.3. The summed E-state index contributed by atoms with van der Waals surface area (Å²) in [5.41, 5.74) is 6.34. The molecule has 0 aliphatic rings. The van der Waals surface area contributed by atoms with Crippen molar-refractivity contribution in [3.05, 3.63) is 24.3 Å². The first-order chi connectivity index (χ1) is 11.0. The molecule has 0 spiro atoms. The zero-order valence-corrected chi connectivity index (χ0v) is 14.6. The van der Waals surface area contributed by atoms with E-state index in [1.165, 1.54) is 7.11 Å². The summed E-state index contributed by atoms with van der Waals surface area (Å²) in [6.07, 6.45) is 0.972. The van der Waals surface area contributed by atoms with Crippen LogP contribution in [0.25, 0.3) is 0 Å². The highest BCUT2D eigenvalue weighted by Crippen LogP contribution is 2.14. The van der Waals surface area contributed by atoms with E-state index in [4.69, 9.17) is 29.2 Å². The lowest BCUT2D eigenvalue weighted by molar-refractivity contribution is -0.140. The minimum Gasteiger partial charge on any atom is -0.497 e. The Kier molecular flexibility index (Phi) is 8.70. The molecule has 0 unspecified atom stereocenters. The van der Waals surface area contributed by atoms with Crippen molar-refractivity contribution in [1.29, 1.82) is 0 Å². The van der Waals surface area contributed by atoms with E-state index in [2.05, 4.69) is 26.2 Å². The highest BCUT2D eigenvalue weighted by molar-refractivity contribution is 7.80. The topological polar surface area (TPSA) is 83.7 Å². The van der Waals surface area contributed by atoms with Crippen molar-refractivity contribution >= 4 is 46.3 Å². The average molecular weight is 356 g/mol. The Labute approximate surface area is 146 Å². The first-order valence-electron chi connectivity index (χ1n) is 6.87. The molecule has 0 aromatic heterocycles. The molecule has 1 aromatic rings. The van der Waals surface area contributed by atoms with Gasteiger partial charge in [-0.1, -0.05) is 0 Å². The molecule has 0 fully saturated rings. The van der Waals surface area contributed by atoms with Crippen molar-refractivity contribution in [2.75, 3.05) is 26.1 Å². The number of nitrogens with one attached hydrogen (secondary N) is 4. The molecule has 0 saturated carbocycles. The summed E-state index contributed by atoms with van der Waals surface area (Å²) in [5.74, 6) is 0.526. The number of hydrazine groups is 1. The maximum Gasteiger partial charge on any atom is 0.305 e. The van der Waals surface area contributed by atoms with E-state index in [1.807, 2.05) is 24.3 Å². The van der Waals surface area contributed by atoms with Crippen LogP contribution in [0.1, 0.15) is 12.8 Å². The first-order valence-corrected chi connectivity index (χ1v) is 7.68. The van der Waals surface area contributed by atoms with Gasteiger partial charge in [-0.05, 0) is 55.1 Å². The smallest absolute Gasteiger partial charge is 0.305 e. The lowest BCUT2D eigenvalue weighted by Gasteiger charge is -2.14. The summed E-state index contributed by atoms with van der Waals surface area (Å²) in [5, 5.41) is 6.69. The Hall–Kier alpha value is -2.13. The van der Waals surface area contributed by atoms with Gasteiger partial charge >= 0.3 is 5.97 Å². The quantitative estimate of drug-likeness (QED) is 0.261. The van der Waals surface area contributed by atoms with Crippen LogP contribution in [0.5, 0.6) is 5.75 Å². The summed E-state index contributed by atoms with van der Waals surface area (Å²) in [6, 6.07) is 7.34. The third-order valence-electron chi connectivity index (χ3n) is 2.71. The van der Waals surface area contributed by atoms with Crippen LogP contribution in [0.3, 0.4) is 0 Å². The van der Waals surface area contributed by atoms with Crippen LogP contribution in [0, 0.1) is 0 Å². The zero-order chi connectivity index (χ0) is 17.1. The van der Waals surface area contributed by atoms with Gasteiger partial charge in [-0.3, -0.25) is 15.6 Å². The first kappa shape index (κ1) is 18.9. The van der Waals surface area contributed by atoms with Crippen molar-refractivity contribution in [2.24, 2.45) is 0 Å². The summed E-state index contributed by atoms with van der Waals surface area (Å²) >= 11 is 10.2. The molecule has 0 radical (unpaired) electrons. The van der Waals surface area contributed by atoms with Gasteiger partial charge in [-0.25, -0.2) is 0 Å². The molecule has 4 N–H and O–H groups in total. The lowest BCUT2D eigenvalue weighted by Crippen LogP contribution is -2.48. The van der Waals surface area contributed by atoms with E-state index in [0.29, 0.717) is 29.6 Å². The number of thiocarbonyl (C=S) groups is 2. The van der Waals surface area contributed by atoms with Crippen LogP contribution < -0.4 is 26.2 Å². The highest BCUT2D eigenvalue weighted by Gasteiger charge is 2.01. The number of hydrogen-bond donors (Lipinski definition) is 4. The van der Waals surface area contributed by atoms with Gasteiger partial charge in [0.05, 0.1) is 14.2 Å².